The second kappa shape index (κ2) is 7.81. The van der Waals surface area contributed by atoms with Gasteiger partial charge in [0.05, 0.1) is 10.0 Å². The van der Waals surface area contributed by atoms with Gasteiger partial charge < -0.3 is 10.1 Å². The van der Waals surface area contributed by atoms with E-state index in [0.29, 0.717) is 28.8 Å². The highest BCUT2D eigenvalue weighted by molar-refractivity contribution is 7.09. The number of benzene rings is 1. The van der Waals surface area contributed by atoms with Gasteiger partial charge in [-0.2, -0.15) is 0 Å². The predicted molar refractivity (Wildman–Crippen MR) is 90.1 cm³/mol. The number of rotatable bonds is 6. The van der Waals surface area contributed by atoms with Gasteiger partial charge in [-0.15, -0.1) is 11.3 Å². The van der Waals surface area contributed by atoms with Crippen LogP contribution >= 0.6 is 34.5 Å². The number of amides is 1. The minimum absolute atomic E-state index is 0.195. The van der Waals surface area contributed by atoms with Gasteiger partial charge in [-0.25, -0.2) is 4.98 Å². The van der Waals surface area contributed by atoms with Crippen LogP contribution in [0.25, 0.3) is 0 Å². The second-order valence-corrected chi connectivity index (χ2v) is 6.54. The molecule has 1 amide bonds. The second-order valence-electron chi connectivity index (χ2n) is 4.76. The lowest BCUT2D eigenvalue weighted by atomic mass is 10.3. The number of hydrogen-bond acceptors (Lipinski definition) is 4. The number of aryl methyl sites for hydroxylation is 1. The third-order valence-electron chi connectivity index (χ3n) is 2.87. The SMILES string of the molecule is Cc1csc(CCNC(=O)C(C)Oc2ccc(Cl)cc2Cl)n1. The monoisotopic (exact) mass is 358 g/mol. The van der Waals surface area contributed by atoms with Gasteiger partial charge in [0, 0.05) is 29.1 Å². The first-order valence-electron chi connectivity index (χ1n) is 6.76. The molecule has 0 saturated heterocycles. The van der Waals surface area contributed by atoms with Gasteiger partial charge >= 0.3 is 0 Å². The molecule has 0 aliphatic rings. The molecule has 1 heterocycles. The maximum absolute atomic E-state index is 12.0. The van der Waals surface area contributed by atoms with E-state index in [0.717, 1.165) is 10.7 Å². The molecule has 1 aromatic carbocycles. The first kappa shape index (κ1) is 17.1. The predicted octanol–water partition coefficient (Wildman–Crippen LogP) is 3.88. The summed E-state index contributed by atoms with van der Waals surface area (Å²) < 4.78 is 5.55. The van der Waals surface area contributed by atoms with Crippen molar-refractivity contribution in [2.75, 3.05) is 6.54 Å². The smallest absolute Gasteiger partial charge is 0.260 e. The molecule has 7 heteroatoms. The third kappa shape index (κ3) is 4.87. The lowest BCUT2D eigenvalue weighted by molar-refractivity contribution is -0.127. The topological polar surface area (TPSA) is 51.2 Å². The Bertz CT molecular complexity index is 661. The molecule has 0 fully saturated rings. The summed E-state index contributed by atoms with van der Waals surface area (Å²) in [5.74, 6) is 0.239. The van der Waals surface area contributed by atoms with E-state index < -0.39 is 6.10 Å². The minimum atomic E-state index is -0.642. The van der Waals surface area contributed by atoms with Crippen molar-refractivity contribution in [3.63, 3.8) is 0 Å². The van der Waals surface area contributed by atoms with E-state index in [4.69, 9.17) is 27.9 Å². The number of hydrogen-bond donors (Lipinski definition) is 1. The zero-order valence-electron chi connectivity index (χ0n) is 12.2. The molecule has 0 aliphatic heterocycles. The van der Waals surface area contributed by atoms with Crippen LogP contribution in [0.3, 0.4) is 0 Å². The molecule has 2 aromatic rings. The fraction of sp³-hybridized carbons (Fsp3) is 0.333. The molecular weight excluding hydrogens is 343 g/mol. The van der Waals surface area contributed by atoms with Crippen molar-refractivity contribution in [1.29, 1.82) is 0 Å². The van der Waals surface area contributed by atoms with Crippen molar-refractivity contribution in [3.05, 3.63) is 44.3 Å². The van der Waals surface area contributed by atoms with E-state index in [-0.39, 0.29) is 5.91 Å². The van der Waals surface area contributed by atoms with Gasteiger partial charge in [0.2, 0.25) is 0 Å². The fourth-order valence-electron chi connectivity index (χ4n) is 1.77. The Morgan fingerprint density at radius 2 is 2.23 bits per heavy atom. The van der Waals surface area contributed by atoms with Gasteiger partial charge in [0.15, 0.2) is 6.10 Å². The van der Waals surface area contributed by atoms with E-state index in [1.807, 2.05) is 12.3 Å². The highest BCUT2D eigenvalue weighted by Crippen LogP contribution is 2.28. The van der Waals surface area contributed by atoms with Gasteiger partial charge in [-0.3, -0.25) is 4.79 Å². The van der Waals surface area contributed by atoms with Crippen LogP contribution in [-0.4, -0.2) is 23.5 Å². The number of nitrogens with one attached hydrogen (secondary N) is 1. The summed E-state index contributed by atoms with van der Waals surface area (Å²) in [5.41, 5.74) is 1.00. The van der Waals surface area contributed by atoms with Crippen LogP contribution < -0.4 is 10.1 Å². The zero-order valence-corrected chi connectivity index (χ0v) is 14.6. The quantitative estimate of drug-likeness (QED) is 0.852. The van der Waals surface area contributed by atoms with Crippen LogP contribution in [0, 0.1) is 6.92 Å². The molecule has 1 N–H and O–H groups in total. The van der Waals surface area contributed by atoms with Crippen molar-refractivity contribution in [3.8, 4) is 5.75 Å². The maximum Gasteiger partial charge on any atom is 0.260 e. The van der Waals surface area contributed by atoms with E-state index in [1.165, 1.54) is 0 Å². The Kier molecular flexibility index (Phi) is 6.06. The van der Waals surface area contributed by atoms with Crippen LogP contribution in [0.4, 0.5) is 0 Å². The standard InChI is InChI=1S/C15H16Cl2N2O2S/c1-9-8-22-14(19-9)5-6-18-15(20)10(2)21-13-4-3-11(16)7-12(13)17/h3-4,7-8,10H,5-6H2,1-2H3,(H,18,20). The van der Waals surface area contributed by atoms with Crippen molar-refractivity contribution >= 4 is 40.4 Å². The van der Waals surface area contributed by atoms with Crippen LogP contribution in [-0.2, 0) is 11.2 Å². The molecule has 1 aromatic heterocycles. The fourth-order valence-corrected chi connectivity index (χ4v) is 3.00. The molecule has 1 atom stereocenters. The molecule has 4 nitrogen and oxygen atoms in total. The summed E-state index contributed by atoms with van der Waals surface area (Å²) in [6, 6.07) is 4.89. The Morgan fingerprint density at radius 3 is 2.86 bits per heavy atom. The highest BCUT2D eigenvalue weighted by atomic mass is 35.5. The van der Waals surface area contributed by atoms with Gasteiger partial charge in [0.25, 0.3) is 5.91 Å². The Balaban J connectivity index is 1.81. The van der Waals surface area contributed by atoms with E-state index in [2.05, 4.69) is 10.3 Å². The first-order chi connectivity index (χ1) is 10.5. The third-order valence-corrected chi connectivity index (χ3v) is 4.43. The van der Waals surface area contributed by atoms with Gasteiger partial charge in [-0.05, 0) is 32.0 Å². The van der Waals surface area contributed by atoms with E-state index in [9.17, 15) is 4.79 Å². The zero-order chi connectivity index (χ0) is 16.1. The molecular formula is C15H16Cl2N2O2S. The van der Waals surface area contributed by atoms with Crippen molar-refractivity contribution in [1.82, 2.24) is 10.3 Å². The normalized spacial score (nSPS) is 12.0. The highest BCUT2D eigenvalue weighted by Gasteiger charge is 2.16. The summed E-state index contributed by atoms with van der Waals surface area (Å²) in [4.78, 5) is 16.3. The molecule has 22 heavy (non-hydrogen) atoms. The number of ether oxygens (including phenoxy) is 1. The lowest BCUT2D eigenvalue weighted by Gasteiger charge is -2.15. The number of carbonyl (C=O) groups excluding carboxylic acids is 1. The van der Waals surface area contributed by atoms with Crippen LogP contribution in [0.5, 0.6) is 5.75 Å². The molecule has 0 radical (unpaired) electrons. The minimum Gasteiger partial charge on any atom is -0.479 e. The summed E-state index contributed by atoms with van der Waals surface area (Å²) in [7, 11) is 0. The number of nitrogens with zero attached hydrogens (tertiary/aromatic N) is 1. The van der Waals surface area contributed by atoms with Crippen molar-refractivity contribution in [2.45, 2.75) is 26.4 Å². The van der Waals surface area contributed by atoms with Gasteiger partial charge in [-0.1, -0.05) is 23.2 Å². The summed E-state index contributed by atoms with van der Waals surface area (Å²) >= 11 is 13.4. The largest absolute Gasteiger partial charge is 0.479 e. The van der Waals surface area contributed by atoms with E-state index in [1.54, 1.807) is 36.5 Å². The average molecular weight is 359 g/mol. The van der Waals surface area contributed by atoms with Gasteiger partial charge in [0.1, 0.15) is 5.75 Å². The van der Waals surface area contributed by atoms with Crippen LogP contribution in [0.1, 0.15) is 17.6 Å². The molecule has 118 valence electrons. The molecule has 0 bridgehead atoms. The maximum atomic E-state index is 12.0. The molecule has 2 rings (SSSR count). The first-order valence-corrected chi connectivity index (χ1v) is 8.39. The lowest BCUT2D eigenvalue weighted by Crippen LogP contribution is -2.37. The summed E-state index contributed by atoms with van der Waals surface area (Å²) in [6.45, 7) is 4.14. The van der Waals surface area contributed by atoms with Crippen LogP contribution in [0.15, 0.2) is 23.6 Å². The number of carbonyl (C=O) groups is 1. The molecule has 0 spiro atoms. The van der Waals surface area contributed by atoms with Crippen molar-refractivity contribution < 1.29 is 9.53 Å². The Hall–Kier alpha value is -1.30. The average Bonchev–Trinajstić information content (AvgIpc) is 2.87. The number of aromatic nitrogens is 1. The number of thiazole rings is 1. The molecule has 0 saturated carbocycles. The summed E-state index contributed by atoms with van der Waals surface area (Å²) in [5, 5.41) is 6.72. The van der Waals surface area contributed by atoms with Crippen LogP contribution in [0.2, 0.25) is 10.0 Å². The van der Waals surface area contributed by atoms with E-state index >= 15 is 0 Å². The van der Waals surface area contributed by atoms with Crippen molar-refractivity contribution in [2.24, 2.45) is 0 Å². The Labute approximate surface area is 143 Å². The Morgan fingerprint density at radius 1 is 1.45 bits per heavy atom. The number of halogens is 2. The molecule has 1 unspecified atom stereocenters. The molecule has 0 aliphatic carbocycles. The summed E-state index contributed by atoms with van der Waals surface area (Å²) in [6.07, 6.45) is 0.0651.